The van der Waals surface area contributed by atoms with Crippen LogP contribution in [0.15, 0.2) is 48.7 Å². The molecule has 0 saturated carbocycles. The second-order valence-corrected chi connectivity index (χ2v) is 10.4. The largest absolute Gasteiger partial charge is 0.421 e. The fourth-order valence-electron chi connectivity index (χ4n) is 5.45. The highest BCUT2D eigenvalue weighted by molar-refractivity contribution is 6.13. The Morgan fingerprint density at radius 2 is 1.73 bits per heavy atom. The first-order chi connectivity index (χ1) is 19.7. The highest BCUT2D eigenvalue weighted by Gasteiger charge is 2.40. The van der Waals surface area contributed by atoms with Crippen LogP contribution in [0.2, 0.25) is 0 Å². The maximum atomic E-state index is 14.0. The molecule has 1 aromatic heterocycles. The van der Waals surface area contributed by atoms with E-state index in [2.05, 4.69) is 42.8 Å². The summed E-state index contributed by atoms with van der Waals surface area (Å²) in [5, 5.41) is 8.45. The molecule has 0 unspecified atom stereocenters. The molecule has 3 aliphatic rings. The normalized spacial score (nSPS) is 19.4. The van der Waals surface area contributed by atoms with Gasteiger partial charge in [0.25, 0.3) is 5.91 Å². The zero-order valence-corrected chi connectivity index (χ0v) is 22.3. The lowest BCUT2D eigenvalue weighted by Crippen LogP contribution is -2.44. The molecule has 3 aliphatic heterocycles. The minimum absolute atomic E-state index is 0.0471. The van der Waals surface area contributed by atoms with Gasteiger partial charge in [-0.05, 0) is 56.3 Å². The molecule has 6 rings (SSSR count). The minimum atomic E-state index is -4.75. The second-order valence-electron chi connectivity index (χ2n) is 10.4. The molecule has 13 heteroatoms. The first-order valence-electron chi connectivity index (χ1n) is 13.4. The fourth-order valence-corrected chi connectivity index (χ4v) is 5.45. The van der Waals surface area contributed by atoms with Gasteiger partial charge < -0.3 is 30.7 Å². The Kier molecular flexibility index (Phi) is 6.89. The van der Waals surface area contributed by atoms with Crippen LogP contribution in [0, 0.1) is 0 Å². The molecule has 0 spiro atoms. The Morgan fingerprint density at radius 3 is 2.46 bits per heavy atom. The van der Waals surface area contributed by atoms with E-state index in [1.807, 2.05) is 24.3 Å². The summed E-state index contributed by atoms with van der Waals surface area (Å²) in [7, 11) is 2.09. The Labute approximate surface area is 234 Å². The predicted octanol–water partition coefficient (Wildman–Crippen LogP) is 4.29. The zero-order chi connectivity index (χ0) is 28.7. The zero-order valence-electron chi connectivity index (χ0n) is 22.3. The molecule has 0 aliphatic carbocycles. The van der Waals surface area contributed by atoms with E-state index in [-0.39, 0.29) is 28.8 Å². The minimum Gasteiger partial charge on any atom is -0.369 e. The van der Waals surface area contributed by atoms with Crippen molar-refractivity contribution in [2.45, 2.75) is 25.1 Å². The van der Waals surface area contributed by atoms with Gasteiger partial charge in [-0.25, -0.2) is 4.98 Å². The maximum absolute atomic E-state index is 14.0. The van der Waals surface area contributed by atoms with E-state index in [4.69, 9.17) is 0 Å². The van der Waals surface area contributed by atoms with Crippen molar-refractivity contribution in [2.24, 2.45) is 0 Å². The van der Waals surface area contributed by atoms with Crippen LogP contribution in [0.1, 0.15) is 28.8 Å². The van der Waals surface area contributed by atoms with Gasteiger partial charge in [-0.1, -0.05) is 6.07 Å². The van der Waals surface area contributed by atoms with Gasteiger partial charge in [0.1, 0.15) is 17.4 Å². The van der Waals surface area contributed by atoms with Gasteiger partial charge in [0.05, 0.1) is 16.9 Å². The van der Waals surface area contributed by atoms with E-state index in [0.717, 1.165) is 31.9 Å². The number of amides is 2. The second kappa shape index (κ2) is 10.5. The van der Waals surface area contributed by atoms with Gasteiger partial charge >= 0.3 is 6.18 Å². The van der Waals surface area contributed by atoms with Crippen molar-refractivity contribution >= 4 is 46.3 Å². The van der Waals surface area contributed by atoms with E-state index in [1.165, 1.54) is 11.0 Å². The molecule has 1 atom stereocenters. The smallest absolute Gasteiger partial charge is 0.369 e. The monoisotopic (exact) mass is 566 g/mol. The molecule has 214 valence electrons. The number of piperazine rings is 1. The number of nitrogens with one attached hydrogen (secondary N) is 3. The number of carbonyl (C=O) groups excluding carboxylic acids is 2. The first kappa shape index (κ1) is 26.8. The number of hydrogen-bond donors (Lipinski definition) is 3. The van der Waals surface area contributed by atoms with Crippen LogP contribution in [0.3, 0.4) is 0 Å². The SMILES string of the molecule is CN1CCN(c2ccc(Nc3ncc(C(F)(F)F)c(Nc4cccc5c4C(=O)N4CCC[C@H]4C(=O)N5)n3)cc2)CC1. The Morgan fingerprint density at radius 1 is 0.976 bits per heavy atom. The van der Waals surface area contributed by atoms with Crippen molar-refractivity contribution in [3.8, 4) is 0 Å². The highest BCUT2D eigenvalue weighted by Crippen LogP contribution is 2.38. The number of aromatic nitrogens is 2. The molecular weight excluding hydrogens is 537 g/mol. The van der Waals surface area contributed by atoms with Crippen LogP contribution in [0.5, 0.6) is 0 Å². The highest BCUT2D eigenvalue weighted by atomic mass is 19.4. The van der Waals surface area contributed by atoms with Crippen molar-refractivity contribution in [3.63, 3.8) is 0 Å². The molecule has 2 fully saturated rings. The lowest BCUT2D eigenvalue weighted by molar-refractivity contribution is -0.137. The van der Waals surface area contributed by atoms with Gasteiger partial charge in [-0.15, -0.1) is 0 Å². The van der Waals surface area contributed by atoms with Crippen molar-refractivity contribution in [2.75, 3.05) is 60.6 Å². The number of carbonyl (C=O) groups is 2. The van der Waals surface area contributed by atoms with E-state index in [0.29, 0.717) is 31.3 Å². The molecule has 3 N–H and O–H groups in total. The summed E-state index contributed by atoms with van der Waals surface area (Å²) in [6, 6.07) is 11.5. The topological polar surface area (TPSA) is 106 Å². The predicted molar refractivity (Wildman–Crippen MR) is 149 cm³/mol. The molecule has 41 heavy (non-hydrogen) atoms. The molecular formula is C28H29F3N8O2. The quantitative estimate of drug-likeness (QED) is 0.420. The van der Waals surface area contributed by atoms with Gasteiger partial charge in [0, 0.05) is 50.3 Å². The average molecular weight is 567 g/mol. The van der Waals surface area contributed by atoms with Crippen molar-refractivity contribution in [3.05, 3.63) is 59.8 Å². The van der Waals surface area contributed by atoms with E-state index < -0.39 is 29.5 Å². The Bertz CT molecular complexity index is 1470. The third-order valence-corrected chi connectivity index (χ3v) is 7.69. The third-order valence-electron chi connectivity index (χ3n) is 7.69. The summed E-state index contributed by atoms with van der Waals surface area (Å²) in [5.74, 6) is -1.30. The van der Waals surface area contributed by atoms with Crippen molar-refractivity contribution in [1.82, 2.24) is 19.8 Å². The number of hydrogen-bond acceptors (Lipinski definition) is 8. The van der Waals surface area contributed by atoms with Gasteiger partial charge in [-0.3, -0.25) is 9.59 Å². The Balaban J connectivity index is 1.28. The number of fused-ring (bicyclic) bond motifs is 2. The van der Waals surface area contributed by atoms with Gasteiger partial charge in [-0.2, -0.15) is 18.2 Å². The van der Waals surface area contributed by atoms with Crippen LogP contribution in [-0.2, 0) is 11.0 Å². The first-order valence-corrected chi connectivity index (χ1v) is 13.4. The number of halogens is 3. The average Bonchev–Trinajstić information content (AvgIpc) is 3.40. The Hall–Kier alpha value is -4.39. The van der Waals surface area contributed by atoms with Crippen molar-refractivity contribution in [1.29, 1.82) is 0 Å². The number of likely N-dealkylation sites (N-methyl/N-ethyl adjacent to an activating group) is 1. The van der Waals surface area contributed by atoms with Crippen molar-refractivity contribution < 1.29 is 22.8 Å². The molecule has 2 aromatic carbocycles. The van der Waals surface area contributed by atoms with Crippen LogP contribution in [0.25, 0.3) is 0 Å². The molecule has 0 bridgehead atoms. The maximum Gasteiger partial charge on any atom is 0.421 e. The lowest BCUT2D eigenvalue weighted by Gasteiger charge is -2.34. The lowest BCUT2D eigenvalue weighted by atomic mass is 10.1. The number of nitrogens with zero attached hydrogens (tertiary/aromatic N) is 5. The summed E-state index contributed by atoms with van der Waals surface area (Å²) in [6.45, 7) is 4.16. The number of benzene rings is 2. The standard InChI is InChI=1S/C28H29F3N8O2/c1-37-12-14-38(15-13-37)18-9-7-17(8-10-18)33-27-32-16-19(28(29,30)31)24(36-27)34-20-4-2-5-21-23(20)26(41)39-11-3-6-22(39)25(40)35-21/h2,4-5,7-10,16,22H,3,6,11-15H2,1H3,(H,35,40)(H2,32,33,34,36)/t22-/m0/s1. The van der Waals surface area contributed by atoms with Gasteiger partial charge in [0.15, 0.2) is 0 Å². The molecule has 2 amide bonds. The fraction of sp³-hybridized carbons (Fsp3) is 0.357. The van der Waals surface area contributed by atoms with Crippen LogP contribution < -0.4 is 20.9 Å². The van der Waals surface area contributed by atoms with E-state index in [1.54, 1.807) is 12.1 Å². The number of anilines is 6. The summed E-state index contributed by atoms with van der Waals surface area (Å²) in [6.07, 6.45) is -2.85. The number of alkyl halides is 3. The van der Waals surface area contributed by atoms with E-state index >= 15 is 0 Å². The van der Waals surface area contributed by atoms with Crippen LogP contribution >= 0.6 is 0 Å². The third kappa shape index (κ3) is 5.36. The van der Waals surface area contributed by atoms with Gasteiger partial charge in [0.2, 0.25) is 11.9 Å². The molecule has 3 aromatic rings. The number of rotatable bonds is 5. The molecule has 4 heterocycles. The summed E-state index contributed by atoms with van der Waals surface area (Å²) in [5.41, 5.74) is 1.01. The summed E-state index contributed by atoms with van der Waals surface area (Å²) in [4.78, 5) is 40.2. The molecule has 2 saturated heterocycles. The van der Waals surface area contributed by atoms with E-state index in [9.17, 15) is 22.8 Å². The molecule has 0 radical (unpaired) electrons. The van der Waals surface area contributed by atoms with Crippen LogP contribution in [-0.4, -0.2) is 77.4 Å². The summed E-state index contributed by atoms with van der Waals surface area (Å²) >= 11 is 0. The molecule has 10 nitrogen and oxygen atoms in total. The summed E-state index contributed by atoms with van der Waals surface area (Å²) < 4.78 is 41.9. The van der Waals surface area contributed by atoms with Crippen LogP contribution in [0.4, 0.5) is 47.7 Å².